The van der Waals surface area contributed by atoms with Crippen molar-refractivity contribution in [2.45, 2.75) is 12.8 Å². The van der Waals surface area contributed by atoms with Crippen molar-refractivity contribution < 1.29 is 19.8 Å². The number of carboxylic acids is 1. The van der Waals surface area contributed by atoms with E-state index in [0.717, 1.165) is 4.90 Å². The van der Waals surface area contributed by atoms with Crippen LogP contribution in [0.5, 0.6) is 5.75 Å². The summed E-state index contributed by atoms with van der Waals surface area (Å²) < 4.78 is 0. The van der Waals surface area contributed by atoms with E-state index in [0.29, 0.717) is 12.0 Å². The number of terminal acetylenes is 1. The number of nitrogens with zero attached hydrogens (tertiary/aromatic N) is 1. The third-order valence-corrected chi connectivity index (χ3v) is 2.56. The van der Waals surface area contributed by atoms with Crippen LogP contribution >= 0.6 is 0 Å². The average Bonchev–Trinajstić information content (AvgIpc) is 2.36. The van der Waals surface area contributed by atoms with Crippen molar-refractivity contribution in [1.82, 2.24) is 4.90 Å². The molecule has 0 saturated heterocycles. The first-order valence-electron chi connectivity index (χ1n) is 5.74. The molecule has 0 bridgehead atoms. The van der Waals surface area contributed by atoms with Crippen LogP contribution in [-0.4, -0.2) is 40.1 Å². The van der Waals surface area contributed by atoms with Gasteiger partial charge in [0.1, 0.15) is 12.3 Å². The number of aliphatic carboxylic acids is 1. The lowest BCUT2D eigenvalue weighted by Gasteiger charge is -2.17. The quantitative estimate of drug-likeness (QED) is 0.745. The second kappa shape index (κ2) is 7.07. The maximum Gasteiger partial charge on any atom is 0.323 e. The predicted octanol–water partition coefficient (Wildman–Crippen LogP) is 0.871. The van der Waals surface area contributed by atoms with Gasteiger partial charge in [-0.25, -0.2) is 0 Å². The van der Waals surface area contributed by atoms with Gasteiger partial charge in [0.25, 0.3) is 0 Å². The Hall–Kier alpha value is -2.48. The number of amides is 1. The van der Waals surface area contributed by atoms with Gasteiger partial charge in [-0.3, -0.25) is 9.59 Å². The topological polar surface area (TPSA) is 77.8 Å². The largest absolute Gasteiger partial charge is 0.508 e. The fourth-order valence-electron chi connectivity index (χ4n) is 1.63. The number of carboxylic acid groups (broad SMARTS) is 1. The molecule has 0 atom stereocenters. The van der Waals surface area contributed by atoms with Crippen LogP contribution in [-0.2, 0) is 16.0 Å². The van der Waals surface area contributed by atoms with Crippen LogP contribution in [0.1, 0.15) is 12.0 Å². The molecule has 0 radical (unpaired) electrons. The molecule has 0 spiro atoms. The van der Waals surface area contributed by atoms with Gasteiger partial charge in [-0.1, -0.05) is 24.1 Å². The number of hydrogen-bond acceptors (Lipinski definition) is 3. The number of aryl methyl sites for hydroxylation is 1. The van der Waals surface area contributed by atoms with Crippen LogP contribution in [0.3, 0.4) is 0 Å². The molecule has 1 aromatic carbocycles. The van der Waals surface area contributed by atoms with E-state index in [2.05, 4.69) is 5.92 Å². The first-order chi connectivity index (χ1) is 9.04. The van der Waals surface area contributed by atoms with Crippen LogP contribution in [0, 0.1) is 12.3 Å². The Balaban J connectivity index is 2.60. The maximum absolute atomic E-state index is 11.8. The normalized spacial score (nSPS) is 9.63. The molecule has 0 aliphatic heterocycles. The monoisotopic (exact) mass is 261 g/mol. The van der Waals surface area contributed by atoms with E-state index in [1.165, 1.54) is 6.07 Å². The van der Waals surface area contributed by atoms with E-state index in [1.807, 2.05) is 0 Å². The summed E-state index contributed by atoms with van der Waals surface area (Å²) in [5, 5.41) is 18.2. The van der Waals surface area contributed by atoms with Crippen molar-refractivity contribution in [3.63, 3.8) is 0 Å². The van der Waals surface area contributed by atoms with E-state index >= 15 is 0 Å². The molecule has 1 amide bonds. The predicted molar refractivity (Wildman–Crippen MR) is 69.5 cm³/mol. The van der Waals surface area contributed by atoms with Gasteiger partial charge < -0.3 is 15.1 Å². The second-order valence-corrected chi connectivity index (χ2v) is 3.98. The minimum absolute atomic E-state index is 0.0358. The minimum Gasteiger partial charge on any atom is -0.508 e. The van der Waals surface area contributed by atoms with Crippen LogP contribution in [0.15, 0.2) is 24.3 Å². The Bertz CT molecular complexity index is 504. The number of carbonyl (C=O) groups excluding carboxylic acids is 1. The summed E-state index contributed by atoms with van der Waals surface area (Å²) in [4.78, 5) is 23.6. The van der Waals surface area contributed by atoms with Crippen molar-refractivity contribution in [2.24, 2.45) is 0 Å². The summed E-state index contributed by atoms with van der Waals surface area (Å²) in [5.74, 6) is 0.929. The number of rotatable bonds is 6. The maximum atomic E-state index is 11.8. The molecule has 0 aliphatic rings. The lowest BCUT2D eigenvalue weighted by atomic mass is 10.1. The Kier molecular flexibility index (Phi) is 5.42. The summed E-state index contributed by atoms with van der Waals surface area (Å²) in [6, 6.07) is 6.70. The Morgan fingerprint density at radius 3 is 2.58 bits per heavy atom. The van der Waals surface area contributed by atoms with E-state index < -0.39 is 12.5 Å². The molecule has 0 unspecified atom stereocenters. The van der Waals surface area contributed by atoms with Crippen LogP contribution in [0.25, 0.3) is 0 Å². The van der Waals surface area contributed by atoms with Gasteiger partial charge in [0.2, 0.25) is 5.91 Å². The Labute approximate surface area is 111 Å². The number of phenols is 1. The highest BCUT2D eigenvalue weighted by Gasteiger charge is 2.16. The van der Waals surface area contributed by atoms with Crippen molar-refractivity contribution in [3.05, 3.63) is 29.8 Å². The summed E-state index contributed by atoms with van der Waals surface area (Å²) in [7, 11) is 0. The summed E-state index contributed by atoms with van der Waals surface area (Å²) in [6.45, 7) is -0.449. The molecule has 0 fully saturated rings. The molecule has 100 valence electrons. The van der Waals surface area contributed by atoms with Gasteiger partial charge in [0.15, 0.2) is 0 Å². The molecular weight excluding hydrogens is 246 g/mol. The molecule has 0 heterocycles. The van der Waals surface area contributed by atoms with Gasteiger partial charge >= 0.3 is 5.97 Å². The fraction of sp³-hybridized carbons (Fsp3) is 0.286. The van der Waals surface area contributed by atoms with E-state index in [9.17, 15) is 14.7 Å². The summed E-state index contributed by atoms with van der Waals surface area (Å²) >= 11 is 0. The molecular formula is C14H15NO4. The lowest BCUT2D eigenvalue weighted by Crippen LogP contribution is -2.36. The first kappa shape index (κ1) is 14.6. The molecule has 1 aromatic rings. The number of hydrogen-bond donors (Lipinski definition) is 2. The number of benzene rings is 1. The van der Waals surface area contributed by atoms with Crippen LogP contribution in [0.2, 0.25) is 0 Å². The zero-order chi connectivity index (χ0) is 14.3. The van der Waals surface area contributed by atoms with E-state index in [-0.39, 0.29) is 24.6 Å². The van der Waals surface area contributed by atoms with Crippen molar-refractivity contribution in [3.8, 4) is 18.1 Å². The second-order valence-electron chi connectivity index (χ2n) is 3.98. The molecule has 0 saturated carbocycles. The van der Waals surface area contributed by atoms with Crippen molar-refractivity contribution in [2.75, 3.05) is 13.1 Å². The van der Waals surface area contributed by atoms with Gasteiger partial charge in [0, 0.05) is 6.42 Å². The molecule has 2 N–H and O–H groups in total. The van der Waals surface area contributed by atoms with Gasteiger partial charge in [-0.05, 0) is 18.1 Å². The fourth-order valence-corrected chi connectivity index (χ4v) is 1.63. The molecule has 5 heteroatoms. The summed E-state index contributed by atoms with van der Waals surface area (Å²) in [5.41, 5.74) is 0.645. The number of phenolic OH excluding ortho intramolecular Hbond substituents is 1. The van der Waals surface area contributed by atoms with Gasteiger partial charge in [0.05, 0.1) is 6.54 Å². The van der Waals surface area contributed by atoms with Gasteiger partial charge in [-0.2, -0.15) is 0 Å². The third-order valence-electron chi connectivity index (χ3n) is 2.56. The SMILES string of the molecule is C#CCN(CC(=O)O)C(=O)CCc1ccccc1O. The molecule has 19 heavy (non-hydrogen) atoms. The summed E-state index contributed by atoms with van der Waals surface area (Å²) in [6.07, 6.45) is 5.54. The lowest BCUT2D eigenvalue weighted by molar-refractivity contribution is -0.144. The highest BCUT2D eigenvalue weighted by atomic mass is 16.4. The highest BCUT2D eigenvalue weighted by molar-refractivity contribution is 5.81. The zero-order valence-corrected chi connectivity index (χ0v) is 10.4. The number of aromatic hydroxyl groups is 1. The Morgan fingerprint density at radius 1 is 1.32 bits per heavy atom. The highest BCUT2D eigenvalue weighted by Crippen LogP contribution is 2.17. The standard InChI is InChI=1S/C14H15NO4/c1-2-9-15(10-14(18)19)13(17)8-7-11-5-3-4-6-12(11)16/h1,3-6,16H,7-10H2,(H,18,19). The molecule has 1 rings (SSSR count). The number of para-hydroxylation sites is 1. The van der Waals surface area contributed by atoms with E-state index in [4.69, 9.17) is 11.5 Å². The molecule has 5 nitrogen and oxygen atoms in total. The minimum atomic E-state index is -1.11. The molecule has 0 aromatic heterocycles. The van der Waals surface area contributed by atoms with Crippen LogP contribution in [0.4, 0.5) is 0 Å². The third kappa shape index (κ3) is 4.72. The Morgan fingerprint density at radius 2 is 2.00 bits per heavy atom. The van der Waals surface area contributed by atoms with Gasteiger partial charge in [-0.15, -0.1) is 6.42 Å². The van der Waals surface area contributed by atoms with Crippen LogP contribution < -0.4 is 0 Å². The molecule has 0 aliphatic carbocycles. The first-order valence-corrected chi connectivity index (χ1v) is 5.74. The smallest absolute Gasteiger partial charge is 0.323 e. The average molecular weight is 261 g/mol. The zero-order valence-electron chi connectivity index (χ0n) is 10.4. The van der Waals surface area contributed by atoms with Crippen molar-refractivity contribution in [1.29, 1.82) is 0 Å². The number of carbonyl (C=O) groups is 2. The van der Waals surface area contributed by atoms with Crippen molar-refractivity contribution >= 4 is 11.9 Å². The van der Waals surface area contributed by atoms with E-state index in [1.54, 1.807) is 18.2 Å².